The molecular weight excluding hydrogens is 434 g/mol. The Morgan fingerprint density at radius 2 is 1.88 bits per heavy atom. The second-order valence-electron chi connectivity index (χ2n) is 8.18. The first-order chi connectivity index (χ1) is 15.9. The number of thiophene rings is 1. The zero-order valence-electron chi connectivity index (χ0n) is 19.2. The highest BCUT2D eigenvalue weighted by molar-refractivity contribution is 7.17. The fraction of sp³-hybridized carbons (Fsp3) is 0.269. The molecule has 2 aromatic heterocycles. The molecule has 170 valence electrons. The zero-order chi connectivity index (χ0) is 23.5. The molecule has 0 saturated heterocycles. The molecule has 0 spiro atoms. The second kappa shape index (κ2) is 9.58. The minimum absolute atomic E-state index is 0.216. The number of benzene rings is 2. The monoisotopic (exact) mass is 461 g/mol. The smallest absolute Gasteiger partial charge is 0.263 e. The van der Waals surface area contributed by atoms with E-state index in [4.69, 9.17) is 4.74 Å². The van der Waals surface area contributed by atoms with E-state index in [9.17, 15) is 9.59 Å². The van der Waals surface area contributed by atoms with E-state index < -0.39 is 6.04 Å². The molecule has 1 N–H and O–H groups in total. The van der Waals surface area contributed by atoms with Crippen molar-refractivity contribution in [3.8, 4) is 16.9 Å². The minimum Gasteiger partial charge on any atom is -0.495 e. The minimum atomic E-state index is -0.699. The molecule has 0 bridgehead atoms. The van der Waals surface area contributed by atoms with Crippen molar-refractivity contribution in [2.24, 2.45) is 0 Å². The number of carbonyl (C=O) groups is 1. The van der Waals surface area contributed by atoms with Crippen LogP contribution in [0.2, 0.25) is 0 Å². The molecule has 1 atom stereocenters. The summed E-state index contributed by atoms with van der Waals surface area (Å²) in [5, 5.41) is 5.40. The first-order valence-corrected chi connectivity index (χ1v) is 11.8. The number of para-hydroxylation sites is 2. The molecule has 1 unspecified atom stereocenters. The Kier molecular flexibility index (Phi) is 6.60. The normalized spacial score (nSPS) is 12.2. The van der Waals surface area contributed by atoms with E-state index in [1.807, 2.05) is 36.6 Å². The predicted octanol–water partition coefficient (Wildman–Crippen LogP) is 5.85. The Morgan fingerprint density at radius 1 is 1.15 bits per heavy atom. The van der Waals surface area contributed by atoms with Crippen molar-refractivity contribution >= 4 is 33.1 Å². The maximum absolute atomic E-state index is 13.6. The number of methoxy groups -OCH3 is 1. The number of hydrogen-bond donors (Lipinski definition) is 1. The summed E-state index contributed by atoms with van der Waals surface area (Å²) >= 11 is 1.44. The first kappa shape index (κ1) is 22.7. The van der Waals surface area contributed by atoms with Crippen molar-refractivity contribution in [3.05, 3.63) is 76.2 Å². The van der Waals surface area contributed by atoms with Crippen LogP contribution < -0.4 is 15.6 Å². The topological polar surface area (TPSA) is 73.2 Å². The lowest BCUT2D eigenvalue weighted by atomic mass is 9.99. The van der Waals surface area contributed by atoms with Crippen LogP contribution in [-0.4, -0.2) is 22.6 Å². The lowest BCUT2D eigenvalue weighted by Crippen LogP contribution is -2.33. The molecule has 0 aliphatic heterocycles. The van der Waals surface area contributed by atoms with Gasteiger partial charge in [0.05, 0.1) is 24.5 Å². The van der Waals surface area contributed by atoms with Gasteiger partial charge in [0.15, 0.2) is 0 Å². The van der Waals surface area contributed by atoms with Crippen molar-refractivity contribution in [1.82, 2.24) is 9.55 Å². The fourth-order valence-corrected chi connectivity index (χ4v) is 4.81. The number of rotatable bonds is 7. The van der Waals surface area contributed by atoms with E-state index in [0.717, 1.165) is 11.1 Å². The van der Waals surface area contributed by atoms with Gasteiger partial charge >= 0.3 is 0 Å². The van der Waals surface area contributed by atoms with Gasteiger partial charge in [-0.15, -0.1) is 11.3 Å². The quantitative estimate of drug-likeness (QED) is 0.375. The second-order valence-corrected chi connectivity index (χ2v) is 9.03. The van der Waals surface area contributed by atoms with E-state index in [2.05, 4.69) is 36.3 Å². The standard InChI is InChI=1S/C26H27N3O3S/c1-5-21(24(30)28-20-8-6-7-9-22(20)32-4)29-15-27-25-23(26(29)31)19(14-33-25)18-12-10-17(11-13-18)16(2)3/h6-16,21H,5H2,1-4H3,(H,28,30). The summed E-state index contributed by atoms with van der Waals surface area (Å²) in [4.78, 5) is 31.9. The summed E-state index contributed by atoms with van der Waals surface area (Å²) in [6.07, 6.45) is 1.92. The Morgan fingerprint density at radius 3 is 2.55 bits per heavy atom. The van der Waals surface area contributed by atoms with Gasteiger partial charge in [-0.05, 0) is 35.6 Å². The number of ether oxygens (including phenoxy) is 1. The largest absolute Gasteiger partial charge is 0.495 e. The number of fused-ring (bicyclic) bond motifs is 1. The van der Waals surface area contributed by atoms with E-state index in [1.54, 1.807) is 19.2 Å². The number of amides is 1. The van der Waals surface area contributed by atoms with Gasteiger partial charge in [-0.1, -0.05) is 57.2 Å². The van der Waals surface area contributed by atoms with Crippen molar-refractivity contribution < 1.29 is 9.53 Å². The molecular formula is C26H27N3O3S. The molecule has 0 fully saturated rings. The van der Waals surface area contributed by atoms with Gasteiger partial charge in [-0.3, -0.25) is 14.2 Å². The van der Waals surface area contributed by atoms with Gasteiger partial charge < -0.3 is 10.1 Å². The van der Waals surface area contributed by atoms with E-state index in [-0.39, 0.29) is 11.5 Å². The average molecular weight is 462 g/mol. The van der Waals surface area contributed by atoms with Gasteiger partial charge in [-0.2, -0.15) is 0 Å². The number of anilines is 1. The van der Waals surface area contributed by atoms with E-state index in [0.29, 0.717) is 34.0 Å². The van der Waals surface area contributed by atoms with Crippen LogP contribution in [0.15, 0.2) is 65.0 Å². The van der Waals surface area contributed by atoms with Crippen LogP contribution in [0, 0.1) is 0 Å². The SMILES string of the molecule is CCC(C(=O)Nc1ccccc1OC)n1cnc2scc(-c3ccc(C(C)C)cc3)c2c1=O. The summed E-state index contributed by atoms with van der Waals surface area (Å²) in [5.74, 6) is 0.708. The summed E-state index contributed by atoms with van der Waals surface area (Å²) in [5.41, 5.74) is 3.40. The third kappa shape index (κ3) is 4.41. The van der Waals surface area contributed by atoms with Crippen LogP contribution in [0.3, 0.4) is 0 Å². The van der Waals surface area contributed by atoms with Crippen molar-refractivity contribution in [1.29, 1.82) is 0 Å². The van der Waals surface area contributed by atoms with Crippen LogP contribution in [0.1, 0.15) is 44.7 Å². The van der Waals surface area contributed by atoms with Crippen LogP contribution in [0.4, 0.5) is 5.69 Å². The van der Waals surface area contributed by atoms with Gasteiger partial charge in [0.25, 0.3) is 5.56 Å². The first-order valence-electron chi connectivity index (χ1n) is 11.0. The molecule has 2 aromatic carbocycles. The molecule has 0 aliphatic carbocycles. The number of nitrogens with one attached hydrogen (secondary N) is 1. The lowest BCUT2D eigenvalue weighted by Gasteiger charge is -2.18. The summed E-state index contributed by atoms with van der Waals surface area (Å²) in [6.45, 7) is 6.18. The fourth-order valence-electron chi connectivity index (χ4n) is 3.90. The van der Waals surface area contributed by atoms with E-state index >= 15 is 0 Å². The van der Waals surface area contributed by atoms with Crippen LogP contribution in [0.25, 0.3) is 21.3 Å². The Balaban J connectivity index is 1.73. The third-order valence-electron chi connectivity index (χ3n) is 5.80. The molecule has 0 radical (unpaired) electrons. The highest BCUT2D eigenvalue weighted by Crippen LogP contribution is 2.32. The predicted molar refractivity (Wildman–Crippen MR) is 134 cm³/mol. The third-order valence-corrected chi connectivity index (χ3v) is 6.68. The average Bonchev–Trinajstić information content (AvgIpc) is 3.26. The molecule has 2 heterocycles. The number of hydrogen-bond acceptors (Lipinski definition) is 5. The summed E-state index contributed by atoms with van der Waals surface area (Å²) in [7, 11) is 1.55. The Bertz CT molecular complexity index is 1340. The molecule has 0 aliphatic rings. The molecule has 0 saturated carbocycles. The van der Waals surface area contributed by atoms with Gasteiger partial charge in [-0.25, -0.2) is 4.98 Å². The Labute approximate surface area is 196 Å². The van der Waals surface area contributed by atoms with Crippen LogP contribution >= 0.6 is 11.3 Å². The zero-order valence-corrected chi connectivity index (χ0v) is 20.0. The molecule has 6 nitrogen and oxygen atoms in total. The van der Waals surface area contributed by atoms with Gasteiger partial charge in [0.2, 0.25) is 5.91 Å². The maximum Gasteiger partial charge on any atom is 0.263 e. The van der Waals surface area contributed by atoms with Crippen molar-refractivity contribution in [2.45, 2.75) is 39.2 Å². The molecule has 1 amide bonds. The molecule has 33 heavy (non-hydrogen) atoms. The highest BCUT2D eigenvalue weighted by Gasteiger charge is 2.23. The Hall–Kier alpha value is -3.45. The lowest BCUT2D eigenvalue weighted by molar-refractivity contribution is -0.119. The van der Waals surface area contributed by atoms with Crippen LogP contribution in [0.5, 0.6) is 5.75 Å². The van der Waals surface area contributed by atoms with Crippen molar-refractivity contribution in [3.63, 3.8) is 0 Å². The van der Waals surface area contributed by atoms with Gasteiger partial charge in [0, 0.05) is 10.9 Å². The number of carbonyl (C=O) groups excluding carboxylic acids is 1. The number of nitrogens with zero attached hydrogens (tertiary/aromatic N) is 2. The number of aromatic nitrogens is 2. The van der Waals surface area contributed by atoms with Crippen molar-refractivity contribution in [2.75, 3.05) is 12.4 Å². The molecule has 7 heteroatoms. The highest BCUT2D eigenvalue weighted by atomic mass is 32.1. The summed E-state index contributed by atoms with van der Waals surface area (Å²) in [6, 6.07) is 14.8. The molecule has 4 aromatic rings. The maximum atomic E-state index is 13.6. The van der Waals surface area contributed by atoms with Crippen LogP contribution in [-0.2, 0) is 4.79 Å². The van der Waals surface area contributed by atoms with Gasteiger partial charge in [0.1, 0.15) is 16.6 Å². The molecule has 4 rings (SSSR count). The van der Waals surface area contributed by atoms with E-state index in [1.165, 1.54) is 27.8 Å². The summed E-state index contributed by atoms with van der Waals surface area (Å²) < 4.78 is 6.77.